The summed E-state index contributed by atoms with van der Waals surface area (Å²) in [5, 5.41) is 10.8. The molecule has 0 bridgehead atoms. The Morgan fingerprint density at radius 1 is 1.30 bits per heavy atom. The highest BCUT2D eigenvalue weighted by Gasteiger charge is 2.08. The maximum atomic E-state index is 10.8. The minimum Gasteiger partial charge on any atom is -0.261 e. The van der Waals surface area contributed by atoms with E-state index in [1.54, 1.807) is 36.2 Å². The van der Waals surface area contributed by atoms with E-state index in [9.17, 15) is 10.1 Å². The van der Waals surface area contributed by atoms with Crippen molar-refractivity contribution in [1.29, 1.82) is 0 Å². The number of benzene rings is 1. The van der Waals surface area contributed by atoms with Crippen LogP contribution in [0.25, 0.3) is 0 Å². The summed E-state index contributed by atoms with van der Waals surface area (Å²) in [5.74, 6) is 0.929. The molecule has 0 radical (unpaired) electrons. The Morgan fingerprint density at radius 2 is 2.15 bits per heavy atom. The second-order valence-electron chi connectivity index (χ2n) is 4.48. The first-order valence-electron chi connectivity index (χ1n) is 6.44. The van der Waals surface area contributed by atoms with Gasteiger partial charge in [-0.2, -0.15) is 0 Å². The monoisotopic (exact) mass is 288 g/mol. The minimum absolute atomic E-state index is 0.155. The van der Waals surface area contributed by atoms with Gasteiger partial charge in [0.05, 0.1) is 4.92 Å². The fourth-order valence-electron chi connectivity index (χ4n) is 1.84. The summed E-state index contributed by atoms with van der Waals surface area (Å²) in [5.41, 5.74) is 2.32. The second-order valence-corrected chi connectivity index (χ2v) is 5.62. The molecule has 2 rings (SSSR count). The molecule has 0 spiro atoms. The first kappa shape index (κ1) is 14.5. The topological polar surface area (TPSA) is 56.0 Å². The lowest BCUT2D eigenvalue weighted by molar-refractivity contribution is -0.385. The summed E-state index contributed by atoms with van der Waals surface area (Å²) in [7, 11) is 0. The van der Waals surface area contributed by atoms with Crippen LogP contribution in [0.2, 0.25) is 0 Å². The molecule has 104 valence electrons. The maximum absolute atomic E-state index is 10.8. The molecule has 0 unspecified atom stereocenters. The number of thioether (sulfide) groups is 1. The van der Waals surface area contributed by atoms with E-state index in [-0.39, 0.29) is 10.6 Å². The van der Waals surface area contributed by atoms with Crippen molar-refractivity contribution in [3.05, 3.63) is 64.0 Å². The van der Waals surface area contributed by atoms with Gasteiger partial charge in [-0.25, -0.2) is 0 Å². The van der Waals surface area contributed by atoms with Crippen molar-refractivity contribution in [1.82, 2.24) is 4.98 Å². The summed E-state index contributed by atoms with van der Waals surface area (Å²) >= 11 is 1.67. The van der Waals surface area contributed by atoms with Gasteiger partial charge in [-0.15, -0.1) is 11.8 Å². The molecule has 5 heteroatoms. The molecule has 1 heterocycles. The van der Waals surface area contributed by atoms with Crippen molar-refractivity contribution in [3.8, 4) is 0 Å². The summed E-state index contributed by atoms with van der Waals surface area (Å²) in [4.78, 5) is 15.7. The van der Waals surface area contributed by atoms with E-state index in [0.717, 1.165) is 34.7 Å². The Balaban J connectivity index is 1.88. The van der Waals surface area contributed by atoms with E-state index in [1.807, 2.05) is 25.1 Å². The molecule has 1 aromatic carbocycles. The van der Waals surface area contributed by atoms with Crippen LogP contribution in [0.3, 0.4) is 0 Å². The normalized spacial score (nSPS) is 10.4. The Morgan fingerprint density at radius 3 is 2.85 bits per heavy atom. The number of hydrogen-bond acceptors (Lipinski definition) is 4. The number of nitro benzene ring substituents is 1. The lowest BCUT2D eigenvalue weighted by Gasteiger charge is -2.05. The van der Waals surface area contributed by atoms with Crippen LogP contribution in [0, 0.1) is 17.0 Å². The van der Waals surface area contributed by atoms with Gasteiger partial charge >= 0.3 is 0 Å². The fourth-order valence-corrected chi connectivity index (χ4v) is 2.85. The third kappa shape index (κ3) is 4.06. The third-order valence-electron chi connectivity index (χ3n) is 2.94. The molecule has 20 heavy (non-hydrogen) atoms. The Kier molecular flexibility index (Phi) is 5.12. The SMILES string of the molecule is Cc1ccc([N+](=O)[O-])cc1SCCCc1ccccn1. The lowest BCUT2D eigenvalue weighted by atomic mass is 10.2. The van der Waals surface area contributed by atoms with Gasteiger partial charge in [0, 0.05) is 28.9 Å². The van der Waals surface area contributed by atoms with Gasteiger partial charge in [-0.1, -0.05) is 12.1 Å². The quantitative estimate of drug-likeness (QED) is 0.348. The van der Waals surface area contributed by atoms with Crippen molar-refractivity contribution in [2.75, 3.05) is 5.75 Å². The van der Waals surface area contributed by atoms with Crippen molar-refractivity contribution in [2.45, 2.75) is 24.7 Å². The molecule has 0 aliphatic heterocycles. The third-order valence-corrected chi connectivity index (χ3v) is 4.19. The zero-order valence-electron chi connectivity index (χ0n) is 11.3. The smallest absolute Gasteiger partial charge is 0.261 e. The molecular formula is C15H16N2O2S. The molecule has 0 aliphatic carbocycles. The van der Waals surface area contributed by atoms with Crippen molar-refractivity contribution < 1.29 is 4.92 Å². The largest absolute Gasteiger partial charge is 0.270 e. The van der Waals surface area contributed by atoms with E-state index < -0.39 is 0 Å². The van der Waals surface area contributed by atoms with Crippen LogP contribution in [0.5, 0.6) is 0 Å². The van der Waals surface area contributed by atoms with Crippen LogP contribution < -0.4 is 0 Å². The van der Waals surface area contributed by atoms with Crippen LogP contribution >= 0.6 is 11.8 Å². The molecule has 0 N–H and O–H groups in total. The van der Waals surface area contributed by atoms with E-state index in [1.165, 1.54) is 0 Å². The van der Waals surface area contributed by atoms with Crippen LogP contribution in [-0.2, 0) is 6.42 Å². The van der Waals surface area contributed by atoms with E-state index in [2.05, 4.69) is 4.98 Å². The van der Waals surface area contributed by atoms with Gasteiger partial charge in [-0.05, 0) is 43.2 Å². The van der Waals surface area contributed by atoms with Gasteiger partial charge < -0.3 is 0 Å². The zero-order valence-corrected chi connectivity index (χ0v) is 12.1. The van der Waals surface area contributed by atoms with Crippen molar-refractivity contribution in [2.24, 2.45) is 0 Å². The van der Waals surface area contributed by atoms with Gasteiger partial charge in [0.25, 0.3) is 5.69 Å². The first-order chi connectivity index (χ1) is 9.66. The molecule has 0 atom stereocenters. The zero-order chi connectivity index (χ0) is 14.4. The number of nitro groups is 1. The van der Waals surface area contributed by atoms with E-state index in [4.69, 9.17) is 0 Å². The maximum Gasteiger partial charge on any atom is 0.270 e. The summed E-state index contributed by atoms with van der Waals surface area (Å²) in [6.07, 6.45) is 3.73. The molecule has 0 aliphatic rings. The van der Waals surface area contributed by atoms with E-state index >= 15 is 0 Å². The van der Waals surface area contributed by atoms with Gasteiger partial charge in [0.15, 0.2) is 0 Å². The Hall–Kier alpha value is -1.88. The van der Waals surface area contributed by atoms with Crippen molar-refractivity contribution in [3.63, 3.8) is 0 Å². The number of non-ortho nitro benzene ring substituents is 1. The predicted octanol–water partition coefficient (Wildman–Crippen LogP) is 4.02. The number of aromatic nitrogens is 1. The highest BCUT2D eigenvalue weighted by atomic mass is 32.2. The van der Waals surface area contributed by atoms with Crippen LogP contribution in [0.4, 0.5) is 5.69 Å². The Bertz CT molecular complexity index is 588. The molecule has 4 nitrogen and oxygen atoms in total. The predicted molar refractivity (Wildman–Crippen MR) is 81.1 cm³/mol. The second kappa shape index (κ2) is 7.05. The molecule has 0 fully saturated rings. The molecule has 1 aromatic heterocycles. The average Bonchev–Trinajstić information content (AvgIpc) is 2.46. The van der Waals surface area contributed by atoms with Gasteiger partial charge in [0.1, 0.15) is 0 Å². The number of nitrogens with zero attached hydrogens (tertiary/aromatic N) is 2. The highest BCUT2D eigenvalue weighted by Crippen LogP contribution is 2.27. The van der Waals surface area contributed by atoms with Crippen LogP contribution in [0.1, 0.15) is 17.7 Å². The molecule has 2 aromatic rings. The summed E-state index contributed by atoms with van der Waals surface area (Å²) in [6, 6.07) is 10.9. The number of aryl methyl sites for hydroxylation is 2. The highest BCUT2D eigenvalue weighted by molar-refractivity contribution is 7.99. The van der Waals surface area contributed by atoms with Gasteiger partial charge in [-0.3, -0.25) is 15.1 Å². The standard InChI is InChI=1S/C15H16N2O2S/c1-12-7-8-14(17(18)19)11-15(12)20-10-4-6-13-5-2-3-9-16-13/h2-3,5,7-9,11H,4,6,10H2,1H3. The first-order valence-corrected chi connectivity index (χ1v) is 7.43. The Labute approximate surface area is 122 Å². The van der Waals surface area contributed by atoms with Crippen LogP contribution in [-0.4, -0.2) is 15.7 Å². The molecule has 0 saturated heterocycles. The summed E-state index contributed by atoms with van der Waals surface area (Å²) in [6.45, 7) is 1.98. The van der Waals surface area contributed by atoms with Gasteiger partial charge in [0.2, 0.25) is 0 Å². The van der Waals surface area contributed by atoms with Crippen molar-refractivity contribution >= 4 is 17.4 Å². The number of rotatable bonds is 6. The average molecular weight is 288 g/mol. The molecule has 0 saturated carbocycles. The van der Waals surface area contributed by atoms with E-state index in [0.29, 0.717) is 0 Å². The van der Waals surface area contributed by atoms with Crippen LogP contribution in [0.15, 0.2) is 47.5 Å². The molecule has 0 amide bonds. The lowest BCUT2D eigenvalue weighted by Crippen LogP contribution is -1.92. The minimum atomic E-state index is -0.350. The number of hydrogen-bond donors (Lipinski definition) is 0. The summed E-state index contributed by atoms with van der Waals surface area (Å²) < 4.78 is 0. The fraction of sp³-hybridized carbons (Fsp3) is 0.267. The number of pyridine rings is 1. The molecular weight excluding hydrogens is 272 g/mol.